The number of carbonyl (C=O) groups is 2. The molecule has 0 unspecified atom stereocenters. The first-order chi connectivity index (χ1) is 16.1. The first-order valence-corrected chi connectivity index (χ1v) is 13.6. The van der Waals surface area contributed by atoms with Gasteiger partial charge in [0.1, 0.15) is 12.4 Å². The van der Waals surface area contributed by atoms with Gasteiger partial charge in [0.05, 0.1) is 23.5 Å². The van der Waals surface area contributed by atoms with Crippen LogP contribution in [0.4, 0.5) is 5.69 Å². The summed E-state index contributed by atoms with van der Waals surface area (Å²) in [6.07, 6.45) is 2.64. The van der Waals surface area contributed by atoms with Gasteiger partial charge in [-0.3, -0.25) is 14.3 Å². The first-order valence-electron chi connectivity index (χ1n) is 11.9. The molecule has 0 radical (unpaired) electrons. The minimum Gasteiger partial charge on any atom is -0.491 e. The molecule has 2 aliphatic rings. The summed E-state index contributed by atoms with van der Waals surface area (Å²) in [6.45, 7) is 6.58. The minimum atomic E-state index is -3.50. The molecule has 0 saturated heterocycles. The summed E-state index contributed by atoms with van der Waals surface area (Å²) >= 11 is 0. The summed E-state index contributed by atoms with van der Waals surface area (Å²) in [4.78, 5) is 30.0. The van der Waals surface area contributed by atoms with E-state index in [9.17, 15) is 18.0 Å². The third-order valence-corrected chi connectivity index (χ3v) is 8.14. The van der Waals surface area contributed by atoms with Gasteiger partial charge in [0, 0.05) is 44.8 Å². The molecular formula is C24H37N3O6S. The Morgan fingerprint density at radius 3 is 2.53 bits per heavy atom. The number of methoxy groups -OCH3 is 1. The first kappa shape index (κ1) is 26.3. The SMILES string of the molecule is CCS(=O)(=O)Nc1ccc2c(c1)C(=O)N(C)C[C@H](OC)[C@@H](C)CN(C(=O)C1CCC1)[C@@H](C)CO2. The van der Waals surface area contributed by atoms with Crippen molar-refractivity contribution in [2.75, 3.05) is 44.3 Å². The zero-order chi connectivity index (χ0) is 25.0. The third kappa shape index (κ3) is 6.02. The second-order valence-electron chi connectivity index (χ2n) is 9.43. The molecule has 1 fully saturated rings. The summed E-state index contributed by atoms with van der Waals surface area (Å²) in [5.41, 5.74) is 0.551. The van der Waals surface area contributed by atoms with Gasteiger partial charge in [0.2, 0.25) is 15.9 Å². The number of anilines is 1. The van der Waals surface area contributed by atoms with Gasteiger partial charge in [-0.25, -0.2) is 8.42 Å². The molecule has 190 valence electrons. The van der Waals surface area contributed by atoms with E-state index in [0.29, 0.717) is 24.5 Å². The molecule has 1 N–H and O–H groups in total. The van der Waals surface area contributed by atoms with Crippen molar-refractivity contribution in [3.05, 3.63) is 23.8 Å². The number of sulfonamides is 1. The lowest BCUT2D eigenvalue weighted by Crippen LogP contribution is -2.51. The highest BCUT2D eigenvalue weighted by molar-refractivity contribution is 7.92. The van der Waals surface area contributed by atoms with Gasteiger partial charge >= 0.3 is 0 Å². The van der Waals surface area contributed by atoms with Crippen LogP contribution in [-0.2, 0) is 19.6 Å². The lowest BCUT2D eigenvalue weighted by molar-refractivity contribution is -0.142. The van der Waals surface area contributed by atoms with Crippen molar-refractivity contribution in [3.63, 3.8) is 0 Å². The van der Waals surface area contributed by atoms with Gasteiger partial charge in [0.25, 0.3) is 5.91 Å². The number of amides is 2. The van der Waals surface area contributed by atoms with Crippen LogP contribution in [0.3, 0.4) is 0 Å². The Morgan fingerprint density at radius 1 is 1.24 bits per heavy atom. The van der Waals surface area contributed by atoms with E-state index < -0.39 is 10.0 Å². The standard InChI is InChI=1S/C24H37N3O6S/c1-6-34(30,31)25-19-10-11-21-20(12-19)24(29)26(4)14-22(32-5)16(2)13-27(17(3)15-33-21)23(28)18-8-7-9-18/h10-12,16-18,22,25H,6-9,13-15H2,1-5H3/t16-,17-,22-/m0/s1. The highest BCUT2D eigenvalue weighted by atomic mass is 32.2. The highest BCUT2D eigenvalue weighted by Crippen LogP contribution is 2.31. The lowest BCUT2D eigenvalue weighted by Gasteiger charge is -2.39. The van der Waals surface area contributed by atoms with Gasteiger partial charge in [0.15, 0.2) is 0 Å². The Morgan fingerprint density at radius 2 is 1.94 bits per heavy atom. The van der Waals surface area contributed by atoms with E-state index in [1.807, 2.05) is 18.7 Å². The number of rotatable bonds is 5. The number of hydrogen-bond acceptors (Lipinski definition) is 6. The topological polar surface area (TPSA) is 105 Å². The highest BCUT2D eigenvalue weighted by Gasteiger charge is 2.35. The normalized spacial score (nSPS) is 24.9. The summed E-state index contributed by atoms with van der Waals surface area (Å²) in [7, 11) is -0.208. The van der Waals surface area contributed by atoms with Gasteiger partial charge in [-0.05, 0) is 44.9 Å². The largest absolute Gasteiger partial charge is 0.491 e. The third-order valence-electron chi connectivity index (χ3n) is 6.84. The second kappa shape index (κ2) is 10.9. The van der Waals surface area contributed by atoms with E-state index in [2.05, 4.69) is 4.72 Å². The maximum atomic E-state index is 13.3. The van der Waals surface area contributed by atoms with Crippen LogP contribution in [0.5, 0.6) is 5.75 Å². The number of ether oxygens (including phenoxy) is 2. The van der Waals surface area contributed by atoms with Crippen molar-refractivity contribution in [1.29, 1.82) is 0 Å². The average Bonchev–Trinajstić information content (AvgIpc) is 2.76. The van der Waals surface area contributed by atoms with E-state index in [1.165, 1.54) is 6.07 Å². The van der Waals surface area contributed by atoms with Crippen LogP contribution >= 0.6 is 0 Å². The molecular weight excluding hydrogens is 458 g/mol. The quantitative estimate of drug-likeness (QED) is 0.673. The van der Waals surface area contributed by atoms with Gasteiger partial charge in [-0.15, -0.1) is 0 Å². The molecule has 1 aromatic rings. The fraction of sp³-hybridized carbons (Fsp3) is 0.667. The summed E-state index contributed by atoms with van der Waals surface area (Å²) in [5.74, 6) is 0.182. The van der Waals surface area contributed by atoms with Crippen LogP contribution in [0.25, 0.3) is 0 Å². The Balaban J connectivity index is 1.96. The Hall–Kier alpha value is -2.33. The molecule has 1 saturated carbocycles. The molecule has 2 amide bonds. The molecule has 1 aromatic carbocycles. The van der Waals surface area contributed by atoms with E-state index in [4.69, 9.17) is 9.47 Å². The molecule has 3 rings (SSSR count). The summed E-state index contributed by atoms with van der Waals surface area (Å²) in [6, 6.07) is 4.47. The van der Waals surface area contributed by atoms with Crippen LogP contribution in [0, 0.1) is 11.8 Å². The molecule has 9 nitrogen and oxygen atoms in total. The maximum Gasteiger partial charge on any atom is 0.257 e. The van der Waals surface area contributed by atoms with E-state index in [0.717, 1.165) is 19.3 Å². The predicted molar refractivity (Wildman–Crippen MR) is 130 cm³/mol. The molecule has 0 bridgehead atoms. The smallest absolute Gasteiger partial charge is 0.257 e. The molecule has 3 atom stereocenters. The van der Waals surface area contributed by atoms with Crippen LogP contribution < -0.4 is 9.46 Å². The van der Waals surface area contributed by atoms with Gasteiger partial charge < -0.3 is 19.3 Å². The van der Waals surface area contributed by atoms with Crippen LogP contribution in [0.1, 0.15) is 50.4 Å². The van der Waals surface area contributed by atoms with Crippen molar-refractivity contribution in [1.82, 2.24) is 9.80 Å². The fourth-order valence-electron chi connectivity index (χ4n) is 4.29. The number of likely N-dealkylation sites (N-methyl/N-ethyl adjacent to an activating group) is 1. The monoisotopic (exact) mass is 495 g/mol. The van der Waals surface area contributed by atoms with E-state index >= 15 is 0 Å². The summed E-state index contributed by atoms with van der Waals surface area (Å²) < 4.78 is 38.4. The molecule has 0 aromatic heterocycles. The number of fused-ring (bicyclic) bond motifs is 1. The molecule has 0 spiro atoms. The van der Waals surface area contributed by atoms with Gasteiger partial charge in [-0.1, -0.05) is 13.3 Å². The average molecular weight is 496 g/mol. The van der Waals surface area contributed by atoms with Crippen LogP contribution in [0.2, 0.25) is 0 Å². The van der Waals surface area contributed by atoms with E-state index in [1.54, 1.807) is 38.1 Å². The summed E-state index contributed by atoms with van der Waals surface area (Å²) in [5, 5.41) is 0. The van der Waals surface area contributed by atoms with Crippen molar-refractivity contribution in [2.24, 2.45) is 11.8 Å². The Kier molecular flexibility index (Phi) is 8.46. The van der Waals surface area contributed by atoms with Crippen molar-refractivity contribution < 1.29 is 27.5 Å². The molecule has 1 heterocycles. The Labute approximate surface area is 202 Å². The number of carbonyl (C=O) groups excluding carboxylic acids is 2. The number of hydrogen-bond donors (Lipinski definition) is 1. The minimum absolute atomic E-state index is 0.00618. The molecule has 10 heteroatoms. The maximum absolute atomic E-state index is 13.3. The van der Waals surface area contributed by atoms with Crippen molar-refractivity contribution >= 4 is 27.5 Å². The Bertz CT molecular complexity index is 994. The number of nitrogens with zero attached hydrogens (tertiary/aromatic N) is 2. The van der Waals surface area contributed by atoms with Gasteiger partial charge in [-0.2, -0.15) is 0 Å². The van der Waals surface area contributed by atoms with Crippen LogP contribution in [0.15, 0.2) is 18.2 Å². The zero-order valence-electron chi connectivity index (χ0n) is 20.7. The predicted octanol–water partition coefficient (Wildman–Crippen LogP) is 2.58. The number of nitrogens with one attached hydrogen (secondary N) is 1. The zero-order valence-corrected chi connectivity index (χ0v) is 21.6. The molecule has 1 aliphatic heterocycles. The molecule has 1 aliphatic carbocycles. The van der Waals surface area contributed by atoms with Crippen molar-refractivity contribution in [2.45, 2.75) is 52.2 Å². The van der Waals surface area contributed by atoms with Crippen molar-refractivity contribution in [3.8, 4) is 5.75 Å². The number of benzene rings is 1. The van der Waals surface area contributed by atoms with Crippen LogP contribution in [-0.4, -0.2) is 81.8 Å². The lowest BCUT2D eigenvalue weighted by atomic mass is 9.83. The molecule has 34 heavy (non-hydrogen) atoms. The fourth-order valence-corrected chi connectivity index (χ4v) is 4.92. The van der Waals surface area contributed by atoms with E-state index in [-0.39, 0.29) is 53.7 Å². The second-order valence-corrected chi connectivity index (χ2v) is 11.4.